The van der Waals surface area contributed by atoms with Crippen LogP contribution in [0.15, 0.2) is 0 Å². The van der Waals surface area contributed by atoms with E-state index in [-0.39, 0.29) is 5.60 Å². The molecule has 0 unspecified atom stereocenters. The minimum Gasteiger partial charge on any atom is -0.481 e. The van der Waals surface area contributed by atoms with Crippen molar-refractivity contribution >= 4 is 5.97 Å². The minimum atomic E-state index is -0.662. The molecule has 1 rings (SSSR count). The van der Waals surface area contributed by atoms with Crippen LogP contribution in [0.25, 0.3) is 0 Å². The zero-order valence-electron chi connectivity index (χ0n) is 8.59. The summed E-state index contributed by atoms with van der Waals surface area (Å²) in [7, 11) is 0. The molecule has 0 bridgehead atoms. The van der Waals surface area contributed by atoms with Gasteiger partial charge in [-0.2, -0.15) is 0 Å². The second-order valence-corrected chi connectivity index (χ2v) is 4.80. The summed E-state index contributed by atoms with van der Waals surface area (Å²) < 4.78 is 5.49. The monoisotopic (exact) mass is 186 g/mol. The van der Waals surface area contributed by atoms with Crippen molar-refractivity contribution < 1.29 is 14.6 Å². The van der Waals surface area contributed by atoms with Gasteiger partial charge >= 0.3 is 5.97 Å². The molecule has 0 aromatic rings. The Morgan fingerprint density at radius 2 is 2.00 bits per heavy atom. The van der Waals surface area contributed by atoms with Crippen molar-refractivity contribution in [2.75, 3.05) is 6.61 Å². The summed E-state index contributed by atoms with van der Waals surface area (Å²) in [6, 6.07) is 0. The standard InChI is InChI=1S/C10H18O3/c1-9(2,3)13-7-6-10(4-5-10)8(11)12/h4-7H2,1-3H3,(H,11,12). The van der Waals surface area contributed by atoms with E-state index in [0.717, 1.165) is 12.8 Å². The molecule has 1 aliphatic carbocycles. The Morgan fingerprint density at radius 1 is 1.46 bits per heavy atom. The van der Waals surface area contributed by atoms with Gasteiger partial charge in [-0.3, -0.25) is 4.79 Å². The van der Waals surface area contributed by atoms with E-state index in [0.29, 0.717) is 13.0 Å². The quantitative estimate of drug-likeness (QED) is 0.731. The lowest BCUT2D eigenvalue weighted by Gasteiger charge is -2.20. The first-order chi connectivity index (χ1) is 5.86. The largest absolute Gasteiger partial charge is 0.481 e. The van der Waals surface area contributed by atoms with Gasteiger partial charge in [-0.15, -0.1) is 0 Å². The van der Waals surface area contributed by atoms with E-state index < -0.39 is 11.4 Å². The maximum atomic E-state index is 10.8. The molecule has 0 saturated heterocycles. The highest BCUT2D eigenvalue weighted by atomic mass is 16.5. The summed E-state index contributed by atoms with van der Waals surface area (Å²) in [5, 5.41) is 8.88. The maximum Gasteiger partial charge on any atom is 0.309 e. The molecule has 13 heavy (non-hydrogen) atoms. The van der Waals surface area contributed by atoms with E-state index in [9.17, 15) is 4.79 Å². The molecule has 3 nitrogen and oxygen atoms in total. The van der Waals surface area contributed by atoms with Crippen LogP contribution in [0.4, 0.5) is 0 Å². The van der Waals surface area contributed by atoms with Gasteiger partial charge in [0.25, 0.3) is 0 Å². The van der Waals surface area contributed by atoms with Crippen LogP contribution in [-0.2, 0) is 9.53 Å². The van der Waals surface area contributed by atoms with E-state index in [1.807, 2.05) is 20.8 Å². The fourth-order valence-electron chi connectivity index (χ4n) is 1.27. The van der Waals surface area contributed by atoms with Crippen LogP contribution in [0.3, 0.4) is 0 Å². The summed E-state index contributed by atoms with van der Waals surface area (Å²) in [5.41, 5.74) is -0.597. The zero-order valence-corrected chi connectivity index (χ0v) is 8.59. The van der Waals surface area contributed by atoms with Gasteiger partial charge in [-0.05, 0) is 40.0 Å². The number of carboxylic acid groups (broad SMARTS) is 1. The van der Waals surface area contributed by atoms with E-state index >= 15 is 0 Å². The summed E-state index contributed by atoms with van der Waals surface area (Å²) >= 11 is 0. The third kappa shape index (κ3) is 2.99. The lowest BCUT2D eigenvalue weighted by molar-refractivity contribution is -0.144. The molecule has 0 aliphatic heterocycles. The summed E-state index contributed by atoms with van der Waals surface area (Å²) in [6.45, 7) is 6.49. The molecule has 1 saturated carbocycles. The Kier molecular flexibility index (Phi) is 2.66. The molecule has 76 valence electrons. The van der Waals surface area contributed by atoms with Crippen molar-refractivity contribution in [3.8, 4) is 0 Å². The van der Waals surface area contributed by atoms with Crippen molar-refractivity contribution in [2.45, 2.75) is 45.6 Å². The van der Waals surface area contributed by atoms with Crippen molar-refractivity contribution in [3.63, 3.8) is 0 Å². The number of hydrogen-bond donors (Lipinski definition) is 1. The van der Waals surface area contributed by atoms with Crippen LogP contribution in [0, 0.1) is 5.41 Å². The first-order valence-corrected chi connectivity index (χ1v) is 4.73. The molecule has 0 amide bonds. The van der Waals surface area contributed by atoms with Crippen molar-refractivity contribution in [1.82, 2.24) is 0 Å². The van der Waals surface area contributed by atoms with E-state index in [1.54, 1.807) is 0 Å². The molecule has 0 radical (unpaired) electrons. The molecular formula is C10H18O3. The Labute approximate surface area is 79.1 Å². The van der Waals surface area contributed by atoms with Gasteiger partial charge in [-0.1, -0.05) is 0 Å². The molecule has 0 aromatic carbocycles. The van der Waals surface area contributed by atoms with Gasteiger partial charge < -0.3 is 9.84 Å². The fraction of sp³-hybridized carbons (Fsp3) is 0.900. The Hall–Kier alpha value is -0.570. The molecule has 0 atom stereocenters. The molecule has 1 aliphatic rings. The number of hydrogen-bond acceptors (Lipinski definition) is 2. The second-order valence-electron chi connectivity index (χ2n) is 4.80. The molecule has 0 aromatic heterocycles. The van der Waals surface area contributed by atoms with Gasteiger partial charge in [0.05, 0.1) is 11.0 Å². The number of carbonyl (C=O) groups is 1. The number of aliphatic carboxylic acids is 1. The predicted molar refractivity (Wildman–Crippen MR) is 49.6 cm³/mol. The fourth-order valence-corrected chi connectivity index (χ4v) is 1.27. The van der Waals surface area contributed by atoms with Crippen LogP contribution in [0.5, 0.6) is 0 Å². The average molecular weight is 186 g/mol. The summed E-state index contributed by atoms with van der Waals surface area (Å²) in [4.78, 5) is 10.8. The first kappa shape index (κ1) is 10.5. The van der Waals surface area contributed by atoms with Gasteiger partial charge in [0.1, 0.15) is 0 Å². The number of rotatable bonds is 4. The molecule has 0 spiro atoms. The molecule has 1 N–H and O–H groups in total. The molecule has 1 fully saturated rings. The van der Waals surface area contributed by atoms with Crippen LogP contribution >= 0.6 is 0 Å². The summed E-state index contributed by atoms with van der Waals surface area (Å²) in [5.74, 6) is -0.662. The van der Waals surface area contributed by atoms with Crippen LogP contribution in [-0.4, -0.2) is 23.3 Å². The SMILES string of the molecule is CC(C)(C)OCCC1(C(=O)O)CC1. The zero-order chi connectivity index (χ0) is 10.1. The average Bonchev–Trinajstić information content (AvgIpc) is 2.65. The second kappa shape index (κ2) is 3.29. The smallest absolute Gasteiger partial charge is 0.309 e. The van der Waals surface area contributed by atoms with Crippen LogP contribution in [0.2, 0.25) is 0 Å². The van der Waals surface area contributed by atoms with Gasteiger partial charge in [-0.25, -0.2) is 0 Å². The van der Waals surface area contributed by atoms with Crippen molar-refractivity contribution in [1.29, 1.82) is 0 Å². The minimum absolute atomic E-state index is 0.158. The third-order valence-electron chi connectivity index (χ3n) is 2.42. The Morgan fingerprint density at radius 3 is 2.31 bits per heavy atom. The molecule has 3 heteroatoms. The van der Waals surface area contributed by atoms with Crippen molar-refractivity contribution in [2.24, 2.45) is 5.41 Å². The summed E-state index contributed by atoms with van der Waals surface area (Å²) in [6.07, 6.45) is 2.28. The maximum absolute atomic E-state index is 10.8. The third-order valence-corrected chi connectivity index (χ3v) is 2.42. The van der Waals surface area contributed by atoms with E-state index in [2.05, 4.69) is 0 Å². The normalized spacial score (nSPS) is 19.9. The van der Waals surface area contributed by atoms with Crippen molar-refractivity contribution in [3.05, 3.63) is 0 Å². The van der Waals surface area contributed by atoms with Gasteiger partial charge in [0.15, 0.2) is 0 Å². The lowest BCUT2D eigenvalue weighted by Crippen LogP contribution is -2.23. The molecule has 0 heterocycles. The van der Waals surface area contributed by atoms with Gasteiger partial charge in [0.2, 0.25) is 0 Å². The Balaban J connectivity index is 2.24. The highest BCUT2D eigenvalue weighted by Crippen LogP contribution is 2.49. The van der Waals surface area contributed by atoms with Crippen LogP contribution in [0.1, 0.15) is 40.0 Å². The van der Waals surface area contributed by atoms with E-state index in [4.69, 9.17) is 9.84 Å². The highest BCUT2D eigenvalue weighted by Gasteiger charge is 2.49. The van der Waals surface area contributed by atoms with Crippen LogP contribution < -0.4 is 0 Å². The topological polar surface area (TPSA) is 46.5 Å². The van der Waals surface area contributed by atoms with E-state index in [1.165, 1.54) is 0 Å². The highest BCUT2D eigenvalue weighted by molar-refractivity contribution is 5.77. The lowest BCUT2D eigenvalue weighted by atomic mass is 10.0. The first-order valence-electron chi connectivity index (χ1n) is 4.73. The predicted octanol–water partition coefficient (Wildman–Crippen LogP) is 2.06. The number of carboxylic acids is 1. The molecular weight excluding hydrogens is 168 g/mol. The number of ether oxygens (including phenoxy) is 1. The van der Waals surface area contributed by atoms with Gasteiger partial charge in [0, 0.05) is 6.61 Å². The Bertz CT molecular complexity index is 199.